The second-order valence-corrected chi connectivity index (χ2v) is 7.39. The molecule has 27 heavy (non-hydrogen) atoms. The lowest BCUT2D eigenvalue weighted by Crippen LogP contribution is -2.34. The van der Waals surface area contributed by atoms with Gasteiger partial charge >= 0.3 is 0 Å². The molecule has 1 atom stereocenters. The molecule has 3 rings (SSSR count). The lowest BCUT2D eigenvalue weighted by atomic mass is 10.2. The summed E-state index contributed by atoms with van der Waals surface area (Å²) in [6, 6.07) is 2.51. The molecule has 1 saturated heterocycles. The first-order valence-corrected chi connectivity index (χ1v) is 9.54. The van der Waals surface area contributed by atoms with Gasteiger partial charge in [-0.05, 0) is 25.9 Å². The molecule has 0 aliphatic carbocycles. The zero-order valence-corrected chi connectivity index (χ0v) is 17.1. The zero-order chi connectivity index (χ0) is 20.1. The Morgan fingerprint density at radius 1 is 1.30 bits per heavy atom. The molecule has 2 aromatic rings. The molecule has 1 aromatic heterocycles. The maximum atomic E-state index is 13.4. The molecule has 148 valence electrons. The van der Waals surface area contributed by atoms with Crippen molar-refractivity contribution in [3.8, 4) is 0 Å². The quantitative estimate of drug-likeness (QED) is 0.686. The van der Waals surface area contributed by atoms with Gasteiger partial charge in [-0.1, -0.05) is 38.4 Å². The van der Waals surface area contributed by atoms with Gasteiger partial charge in [0.1, 0.15) is 0 Å². The predicted octanol–water partition coefficient (Wildman–Crippen LogP) is 4.92. The van der Waals surface area contributed by atoms with Crippen LogP contribution < -0.4 is 4.90 Å². The van der Waals surface area contributed by atoms with E-state index in [1.807, 2.05) is 11.0 Å². The van der Waals surface area contributed by atoms with E-state index < -0.39 is 11.6 Å². The zero-order valence-electron chi connectivity index (χ0n) is 16.3. The van der Waals surface area contributed by atoms with Gasteiger partial charge < -0.3 is 9.80 Å². The summed E-state index contributed by atoms with van der Waals surface area (Å²) in [6.45, 7) is 12.5. The van der Waals surface area contributed by atoms with Crippen molar-refractivity contribution >= 4 is 28.5 Å². The van der Waals surface area contributed by atoms with Crippen LogP contribution in [0.3, 0.4) is 0 Å². The van der Waals surface area contributed by atoms with Crippen molar-refractivity contribution in [2.45, 2.75) is 33.2 Å². The molecular weight excluding hydrogens is 370 g/mol. The largest absolute Gasteiger partial charge is 0.352 e. The fraction of sp³-hybridized carbons (Fsp3) is 0.500. The Labute approximate surface area is 164 Å². The number of halogens is 3. The van der Waals surface area contributed by atoms with Crippen LogP contribution in [0.1, 0.15) is 27.2 Å². The SMILES string of the molecule is C=CC(C)C.CCN(C)C1CCN(c2nc3cc(F)c(F)cc3nc2Cl)C1. The molecule has 1 aliphatic rings. The highest BCUT2D eigenvalue weighted by atomic mass is 35.5. The van der Waals surface area contributed by atoms with Crippen LogP contribution in [0, 0.1) is 17.6 Å². The lowest BCUT2D eigenvalue weighted by molar-refractivity contribution is 0.272. The van der Waals surface area contributed by atoms with Crippen molar-refractivity contribution in [3.05, 3.63) is 41.6 Å². The van der Waals surface area contributed by atoms with Crippen LogP contribution in [-0.2, 0) is 0 Å². The van der Waals surface area contributed by atoms with Gasteiger partial charge in [0.25, 0.3) is 0 Å². The summed E-state index contributed by atoms with van der Waals surface area (Å²) in [5, 5.41) is 0.221. The second-order valence-electron chi connectivity index (χ2n) is 7.03. The fourth-order valence-corrected chi connectivity index (χ4v) is 3.03. The number of fused-ring (bicyclic) bond motifs is 1. The summed E-state index contributed by atoms with van der Waals surface area (Å²) in [5.41, 5.74) is 0.569. The van der Waals surface area contributed by atoms with Crippen LogP contribution in [0.4, 0.5) is 14.6 Å². The highest BCUT2D eigenvalue weighted by Gasteiger charge is 2.28. The first-order chi connectivity index (χ1) is 12.8. The van der Waals surface area contributed by atoms with E-state index >= 15 is 0 Å². The molecule has 0 saturated carbocycles. The number of allylic oxidation sites excluding steroid dienone is 1. The monoisotopic (exact) mass is 396 g/mol. The Balaban J connectivity index is 0.000000465. The van der Waals surface area contributed by atoms with E-state index in [1.54, 1.807) is 0 Å². The van der Waals surface area contributed by atoms with Gasteiger partial charge in [0.15, 0.2) is 22.6 Å². The maximum Gasteiger partial charge on any atom is 0.172 e. The molecule has 1 aromatic carbocycles. The Morgan fingerprint density at radius 2 is 1.85 bits per heavy atom. The van der Waals surface area contributed by atoms with E-state index in [2.05, 4.69) is 49.3 Å². The van der Waals surface area contributed by atoms with Gasteiger partial charge in [0.05, 0.1) is 11.0 Å². The number of anilines is 1. The number of likely N-dealkylation sites (N-methyl/N-ethyl adjacent to an activating group) is 1. The van der Waals surface area contributed by atoms with Crippen LogP contribution in [0.25, 0.3) is 11.0 Å². The first-order valence-electron chi connectivity index (χ1n) is 9.16. The van der Waals surface area contributed by atoms with Crippen molar-refractivity contribution in [2.75, 3.05) is 31.6 Å². The number of hydrogen-bond acceptors (Lipinski definition) is 4. The topological polar surface area (TPSA) is 32.3 Å². The molecule has 0 amide bonds. The van der Waals surface area contributed by atoms with E-state index in [9.17, 15) is 8.78 Å². The van der Waals surface area contributed by atoms with Crippen LogP contribution >= 0.6 is 11.6 Å². The molecule has 1 aliphatic heterocycles. The Morgan fingerprint density at radius 3 is 2.37 bits per heavy atom. The van der Waals surface area contributed by atoms with Crippen molar-refractivity contribution in [2.24, 2.45) is 5.92 Å². The minimum Gasteiger partial charge on any atom is -0.352 e. The molecule has 7 heteroatoms. The summed E-state index contributed by atoms with van der Waals surface area (Å²) in [6.07, 6.45) is 2.93. The van der Waals surface area contributed by atoms with Crippen LogP contribution in [0.15, 0.2) is 24.8 Å². The van der Waals surface area contributed by atoms with Crippen molar-refractivity contribution in [1.82, 2.24) is 14.9 Å². The molecule has 4 nitrogen and oxygen atoms in total. The summed E-state index contributed by atoms with van der Waals surface area (Å²) in [5.74, 6) is -0.696. The van der Waals surface area contributed by atoms with Gasteiger partial charge in [-0.15, -0.1) is 6.58 Å². The molecule has 1 fully saturated rings. The van der Waals surface area contributed by atoms with E-state index in [1.165, 1.54) is 0 Å². The van der Waals surface area contributed by atoms with Crippen molar-refractivity contribution in [1.29, 1.82) is 0 Å². The van der Waals surface area contributed by atoms with E-state index in [4.69, 9.17) is 11.6 Å². The molecule has 2 heterocycles. The van der Waals surface area contributed by atoms with Gasteiger partial charge in [0, 0.05) is 31.3 Å². The average molecular weight is 397 g/mol. The summed E-state index contributed by atoms with van der Waals surface area (Å²) in [4.78, 5) is 12.9. The minimum absolute atomic E-state index is 0.221. The Hall–Kier alpha value is -1.79. The van der Waals surface area contributed by atoms with Gasteiger partial charge in [-0.25, -0.2) is 18.7 Å². The third-order valence-electron chi connectivity index (χ3n) is 4.70. The number of nitrogens with zero attached hydrogens (tertiary/aromatic N) is 4. The number of hydrogen-bond donors (Lipinski definition) is 0. The highest BCUT2D eigenvalue weighted by molar-refractivity contribution is 6.32. The predicted molar refractivity (Wildman–Crippen MR) is 108 cm³/mol. The molecule has 0 bridgehead atoms. The number of aromatic nitrogens is 2. The molecular formula is C20H27ClF2N4. The van der Waals surface area contributed by atoms with Crippen LogP contribution in [0.5, 0.6) is 0 Å². The van der Waals surface area contributed by atoms with Crippen LogP contribution in [0.2, 0.25) is 5.15 Å². The highest BCUT2D eigenvalue weighted by Crippen LogP contribution is 2.29. The van der Waals surface area contributed by atoms with E-state index in [0.717, 1.165) is 38.2 Å². The Bertz CT molecular complexity index is 797. The third kappa shape index (κ3) is 5.36. The maximum absolute atomic E-state index is 13.4. The summed E-state index contributed by atoms with van der Waals surface area (Å²) in [7, 11) is 2.08. The smallest absolute Gasteiger partial charge is 0.172 e. The van der Waals surface area contributed by atoms with E-state index in [0.29, 0.717) is 23.3 Å². The second kappa shape index (κ2) is 9.42. The van der Waals surface area contributed by atoms with Gasteiger partial charge in [-0.2, -0.15) is 0 Å². The van der Waals surface area contributed by atoms with Gasteiger partial charge in [-0.3, -0.25) is 0 Å². The standard InChI is InChI=1S/C15H17ClF2N4.C5H10/c1-3-21(2)9-4-5-22(8-9)15-14(16)19-12-6-10(17)11(18)7-13(12)20-15;1-4-5(2)3/h6-7,9H,3-5,8H2,1-2H3;4-5H,1H2,2-3H3. The normalized spacial score (nSPS) is 16.8. The molecule has 1 unspecified atom stereocenters. The molecule has 0 spiro atoms. The van der Waals surface area contributed by atoms with Gasteiger partial charge in [0.2, 0.25) is 0 Å². The first kappa shape index (κ1) is 21.5. The van der Waals surface area contributed by atoms with Crippen molar-refractivity contribution in [3.63, 3.8) is 0 Å². The van der Waals surface area contributed by atoms with Crippen LogP contribution in [-0.4, -0.2) is 47.6 Å². The fourth-order valence-electron chi connectivity index (χ4n) is 2.77. The Kier molecular flexibility index (Phi) is 7.50. The van der Waals surface area contributed by atoms with Crippen molar-refractivity contribution < 1.29 is 8.78 Å². The number of rotatable bonds is 4. The lowest BCUT2D eigenvalue weighted by Gasteiger charge is -2.23. The average Bonchev–Trinajstić information content (AvgIpc) is 3.12. The summed E-state index contributed by atoms with van der Waals surface area (Å²) < 4.78 is 26.6. The van der Waals surface area contributed by atoms with E-state index in [-0.39, 0.29) is 10.7 Å². The minimum atomic E-state index is -0.948. The summed E-state index contributed by atoms with van der Waals surface area (Å²) >= 11 is 6.19. The molecule has 0 N–H and O–H groups in total. The number of benzene rings is 1. The molecule has 0 radical (unpaired) electrons. The third-order valence-corrected chi connectivity index (χ3v) is 4.96.